The lowest BCUT2D eigenvalue weighted by Gasteiger charge is -2.16. The van der Waals surface area contributed by atoms with E-state index in [0.717, 1.165) is 16.3 Å². The van der Waals surface area contributed by atoms with Crippen LogP contribution in [-0.2, 0) is 11.2 Å². The van der Waals surface area contributed by atoms with Crippen LogP contribution in [-0.4, -0.2) is 29.3 Å². The van der Waals surface area contributed by atoms with Crippen LogP contribution in [0, 0.1) is 0 Å². The molecule has 1 heterocycles. The molecule has 140 valence electrons. The van der Waals surface area contributed by atoms with Crippen molar-refractivity contribution in [3.63, 3.8) is 0 Å². The number of carbonyl (C=O) groups excluding carboxylic acids is 1. The molecule has 27 heavy (non-hydrogen) atoms. The number of aromatic nitrogens is 2. The summed E-state index contributed by atoms with van der Waals surface area (Å²) in [5.74, 6) is 1.25. The molecular formula is C20H21N3O3S. The highest BCUT2D eigenvalue weighted by molar-refractivity contribution is 7.15. The van der Waals surface area contributed by atoms with E-state index in [0.29, 0.717) is 23.7 Å². The lowest BCUT2D eigenvalue weighted by atomic mass is 10.1. The number of hydrogen-bond donors (Lipinski definition) is 1. The van der Waals surface area contributed by atoms with Crippen LogP contribution in [0.15, 0.2) is 54.6 Å². The van der Waals surface area contributed by atoms with Gasteiger partial charge in [-0.05, 0) is 36.2 Å². The Morgan fingerprint density at radius 2 is 1.81 bits per heavy atom. The van der Waals surface area contributed by atoms with Gasteiger partial charge >= 0.3 is 0 Å². The number of para-hydroxylation sites is 1. The normalized spacial score (nSPS) is 11.6. The molecule has 0 bridgehead atoms. The highest BCUT2D eigenvalue weighted by atomic mass is 32.1. The van der Waals surface area contributed by atoms with Gasteiger partial charge in [-0.1, -0.05) is 48.6 Å². The molecule has 0 radical (unpaired) electrons. The molecule has 1 aromatic heterocycles. The summed E-state index contributed by atoms with van der Waals surface area (Å²) in [7, 11) is 1.64. The molecule has 0 spiro atoms. The van der Waals surface area contributed by atoms with Gasteiger partial charge in [0.25, 0.3) is 5.91 Å². The number of rotatable bonds is 8. The lowest BCUT2D eigenvalue weighted by molar-refractivity contribution is -0.122. The second-order valence-electron chi connectivity index (χ2n) is 5.84. The molecule has 0 aliphatic carbocycles. The van der Waals surface area contributed by atoms with E-state index in [4.69, 9.17) is 9.47 Å². The standard InChI is InChI=1S/C20H21N3O3S/c1-3-17(26-16-7-5-4-6-8-16)19(24)21-20-23-22-18(27-20)13-14-9-11-15(25-2)12-10-14/h4-12,17H,3,13H2,1-2H3,(H,21,23,24). The molecule has 0 aliphatic rings. The minimum atomic E-state index is -0.582. The van der Waals surface area contributed by atoms with E-state index in [1.807, 2.05) is 61.5 Å². The topological polar surface area (TPSA) is 73.3 Å². The number of hydrogen-bond acceptors (Lipinski definition) is 6. The van der Waals surface area contributed by atoms with Crippen LogP contribution in [0.3, 0.4) is 0 Å². The van der Waals surface area contributed by atoms with E-state index in [1.165, 1.54) is 11.3 Å². The van der Waals surface area contributed by atoms with Crippen LogP contribution >= 0.6 is 11.3 Å². The van der Waals surface area contributed by atoms with Gasteiger partial charge in [0, 0.05) is 6.42 Å². The van der Waals surface area contributed by atoms with Gasteiger partial charge in [-0.25, -0.2) is 0 Å². The van der Waals surface area contributed by atoms with E-state index in [2.05, 4.69) is 15.5 Å². The summed E-state index contributed by atoms with van der Waals surface area (Å²) < 4.78 is 10.9. The van der Waals surface area contributed by atoms with E-state index in [1.54, 1.807) is 7.11 Å². The van der Waals surface area contributed by atoms with E-state index in [9.17, 15) is 4.79 Å². The number of nitrogens with zero attached hydrogens (tertiary/aromatic N) is 2. The summed E-state index contributed by atoms with van der Waals surface area (Å²) in [6.45, 7) is 1.91. The molecule has 0 fully saturated rings. The summed E-state index contributed by atoms with van der Waals surface area (Å²) in [4.78, 5) is 12.5. The number of nitrogens with one attached hydrogen (secondary N) is 1. The molecule has 1 unspecified atom stereocenters. The van der Waals surface area contributed by atoms with Crippen molar-refractivity contribution in [2.45, 2.75) is 25.9 Å². The maximum atomic E-state index is 12.5. The Balaban J connectivity index is 1.59. The molecular weight excluding hydrogens is 362 g/mol. The number of methoxy groups -OCH3 is 1. The van der Waals surface area contributed by atoms with Gasteiger partial charge in [0.1, 0.15) is 16.5 Å². The average molecular weight is 383 g/mol. The van der Waals surface area contributed by atoms with Crippen molar-refractivity contribution in [1.82, 2.24) is 10.2 Å². The van der Waals surface area contributed by atoms with Crippen molar-refractivity contribution in [1.29, 1.82) is 0 Å². The van der Waals surface area contributed by atoms with E-state index < -0.39 is 6.10 Å². The zero-order valence-electron chi connectivity index (χ0n) is 15.2. The number of ether oxygens (including phenoxy) is 2. The second kappa shape index (κ2) is 9.14. The van der Waals surface area contributed by atoms with Gasteiger partial charge in [-0.15, -0.1) is 10.2 Å². The third-order valence-electron chi connectivity index (χ3n) is 3.90. The Labute approximate surface area is 162 Å². The summed E-state index contributed by atoms with van der Waals surface area (Å²) in [5.41, 5.74) is 1.10. The first-order valence-corrected chi connectivity index (χ1v) is 9.47. The molecule has 3 rings (SSSR count). The van der Waals surface area contributed by atoms with Crippen molar-refractivity contribution < 1.29 is 14.3 Å². The minimum absolute atomic E-state index is 0.228. The smallest absolute Gasteiger partial charge is 0.267 e. The first-order chi connectivity index (χ1) is 13.2. The predicted molar refractivity (Wildman–Crippen MR) is 105 cm³/mol. The second-order valence-corrected chi connectivity index (χ2v) is 6.90. The molecule has 0 saturated carbocycles. The number of anilines is 1. The highest BCUT2D eigenvalue weighted by Crippen LogP contribution is 2.21. The summed E-state index contributed by atoms with van der Waals surface area (Å²) in [6, 6.07) is 17.1. The van der Waals surface area contributed by atoms with Crippen LogP contribution in [0.5, 0.6) is 11.5 Å². The van der Waals surface area contributed by atoms with Crippen LogP contribution in [0.4, 0.5) is 5.13 Å². The van der Waals surface area contributed by atoms with Crippen molar-refractivity contribution in [2.24, 2.45) is 0 Å². The molecule has 1 atom stereocenters. The molecule has 1 N–H and O–H groups in total. The SMILES string of the molecule is CCC(Oc1ccccc1)C(=O)Nc1nnc(Cc2ccc(OC)cc2)s1. The van der Waals surface area contributed by atoms with E-state index >= 15 is 0 Å². The molecule has 0 aliphatic heterocycles. The molecule has 1 amide bonds. The Bertz CT molecular complexity index is 866. The third-order valence-corrected chi connectivity index (χ3v) is 4.73. The number of benzene rings is 2. The molecule has 0 saturated heterocycles. The predicted octanol–water partition coefficient (Wildman–Crippen LogP) is 3.93. The minimum Gasteiger partial charge on any atom is -0.497 e. The van der Waals surface area contributed by atoms with Crippen molar-refractivity contribution in [3.8, 4) is 11.5 Å². The average Bonchev–Trinajstić information content (AvgIpc) is 3.14. The van der Waals surface area contributed by atoms with Crippen LogP contribution < -0.4 is 14.8 Å². The van der Waals surface area contributed by atoms with Crippen LogP contribution in [0.1, 0.15) is 23.9 Å². The molecule has 3 aromatic rings. The largest absolute Gasteiger partial charge is 0.497 e. The Kier molecular flexibility index (Phi) is 6.38. The fourth-order valence-electron chi connectivity index (χ4n) is 2.47. The number of carbonyl (C=O) groups is 1. The highest BCUT2D eigenvalue weighted by Gasteiger charge is 2.20. The Morgan fingerprint density at radius 3 is 2.48 bits per heavy atom. The maximum Gasteiger partial charge on any atom is 0.267 e. The zero-order chi connectivity index (χ0) is 19.1. The lowest BCUT2D eigenvalue weighted by Crippen LogP contribution is -2.32. The monoisotopic (exact) mass is 383 g/mol. The first kappa shape index (κ1) is 18.8. The molecule has 6 nitrogen and oxygen atoms in total. The fraction of sp³-hybridized carbons (Fsp3) is 0.250. The van der Waals surface area contributed by atoms with Gasteiger partial charge in [0.15, 0.2) is 6.10 Å². The van der Waals surface area contributed by atoms with Gasteiger partial charge in [0.2, 0.25) is 5.13 Å². The van der Waals surface area contributed by atoms with Gasteiger partial charge in [-0.2, -0.15) is 0 Å². The quantitative estimate of drug-likeness (QED) is 0.638. The Morgan fingerprint density at radius 1 is 1.07 bits per heavy atom. The zero-order valence-corrected chi connectivity index (χ0v) is 16.0. The van der Waals surface area contributed by atoms with Crippen molar-refractivity contribution in [2.75, 3.05) is 12.4 Å². The summed E-state index contributed by atoms with van der Waals surface area (Å²) in [6.07, 6.45) is 0.620. The van der Waals surface area contributed by atoms with Crippen molar-refractivity contribution in [3.05, 3.63) is 65.2 Å². The third kappa shape index (κ3) is 5.27. The van der Waals surface area contributed by atoms with E-state index in [-0.39, 0.29) is 5.91 Å². The molecule has 7 heteroatoms. The van der Waals surface area contributed by atoms with Crippen LogP contribution in [0.2, 0.25) is 0 Å². The van der Waals surface area contributed by atoms with Gasteiger partial charge in [-0.3, -0.25) is 10.1 Å². The Hall–Kier alpha value is -2.93. The van der Waals surface area contributed by atoms with Crippen molar-refractivity contribution >= 4 is 22.4 Å². The summed E-state index contributed by atoms with van der Waals surface area (Å²) >= 11 is 1.36. The first-order valence-electron chi connectivity index (χ1n) is 8.65. The molecule has 2 aromatic carbocycles. The number of amides is 1. The van der Waals surface area contributed by atoms with Gasteiger partial charge < -0.3 is 9.47 Å². The van der Waals surface area contributed by atoms with Gasteiger partial charge in [0.05, 0.1) is 7.11 Å². The summed E-state index contributed by atoms with van der Waals surface area (Å²) in [5, 5.41) is 12.3. The fourth-order valence-corrected chi connectivity index (χ4v) is 3.24. The van der Waals surface area contributed by atoms with Crippen LogP contribution in [0.25, 0.3) is 0 Å². The maximum absolute atomic E-state index is 12.5.